The van der Waals surface area contributed by atoms with E-state index in [9.17, 15) is 14.9 Å². The predicted molar refractivity (Wildman–Crippen MR) is 106 cm³/mol. The molecule has 6 nitrogen and oxygen atoms in total. The van der Waals surface area contributed by atoms with Crippen molar-refractivity contribution in [2.75, 3.05) is 0 Å². The normalized spacial score (nSPS) is 10.6. The molecule has 0 saturated heterocycles. The number of carbonyl (C=O) groups excluding carboxylic acids is 1. The Morgan fingerprint density at radius 1 is 0.821 bits per heavy atom. The van der Waals surface area contributed by atoms with Crippen molar-refractivity contribution in [1.82, 2.24) is 10.2 Å². The van der Waals surface area contributed by atoms with Gasteiger partial charge in [0.2, 0.25) is 5.78 Å². The van der Waals surface area contributed by atoms with Crippen molar-refractivity contribution >= 4 is 11.5 Å². The molecule has 1 aromatic heterocycles. The van der Waals surface area contributed by atoms with Gasteiger partial charge in [0.1, 0.15) is 5.69 Å². The molecule has 4 rings (SSSR count). The van der Waals surface area contributed by atoms with Crippen molar-refractivity contribution in [1.29, 1.82) is 0 Å². The highest BCUT2D eigenvalue weighted by molar-refractivity contribution is 6.13. The summed E-state index contributed by atoms with van der Waals surface area (Å²) in [5.41, 5.74) is 3.72. The fraction of sp³-hybridized carbons (Fsp3) is 0. The highest BCUT2D eigenvalue weighted by Crippen LogP contribution is 2.34. The van der Waals surface area contributed by atoms with E-state index in [0.717, 1.165) is 5.56 Å². The third kappa shape index (κ3) is 3.19. The van der Waals surface area contributed by atoms with Gasteiger partial charge in [0.15, 0.2) is 0 Å². The highest BCUT2D eigenvalue weighted by Gasteiger charge is 2.23. The number of nitro benzene ring substituents is 1. The van der Waals surface area contributed by atoms with Crippen LogP contribution in [0.15, 0.2) is 84.9 Å². The third-order valence-electron chi connectivity index (χ3n) is 4.45. The number of nitrogens with one attached hydrogen (secondary N) is 1. The van der Waals surface area contributed by atoms with Gasteiger partial charge in [-0.3, -0.25) is 20.0 Å². The maximum Gasteiger partial charge on any atom is 0.269 e. The molecule has 0 amide bonds. The summed E-state index contributed by atoms with van der Waals surface area (Å²) in [7, 11) is 0. The average Bonchev–Trinajstić information content (AvgIpc) is 3.19. The number of non-ortho nitro benzene ring substituents is 1. The van der Waals surface area contributed by atoms with E-state index in [2.05, 4.69) is 10.2 Å². The van der Waals surface area contributed by atoms with Gasteiger partial charge in [0, 0.05) is 28.8 Å². The van der Waals surface area contributed by atoms with E-state index >= 15 is 0 Å². The molecule has 0 aliphatic heterocycles. The number of aromatic nitrogens is 2. The molecule has 0 aliphatic rings. The van der Waals surface area contributed by atoms with Crippen LogP contribution in [0.1, 0.15) is 16.1 Å². The number of hydrogen-bond donors (Lipinski definition) is 1. The number of benzene rings is 3. The van der Waals surface area contributed by atoms with Gasteiger partial charge < -0.3 is 0 Å². The van der Waals surface area contributed by atoms with E-state index < -0.39 is 4.92 Å². The van der Waals surface area contributed by atoms with Gasteiger partial charge >= 0.3 is 0 Å². The molecule has 4 aromatic rings. The molecule has 28 heavy (non-hydrogen) atoms. The van der Waals surface area contributed by atoms with Crippen LogP contribution in [0.3, 0.4) is 0 Å². The van der Waals surface area contributed by atoms with Crippen molar-refractivity contribution in [3.05, 3.63) is 106 Å². The van der Waals surface area contributed by atoms with Crippen LogP contribution in [0.5, 0.6) is 0 Å². The van der Waals surface area contributed by atoms with Gasteiger partial charge in [0.05, 0.1) is 10.6 Å². The molecule has 0 aliphatic carbocycles. The quantitative estimate of drug-likeness (QED) is 0.308. The first-order valence-electron chi connectivity index (χ1n) is 8.63. The monoisotopic (exact) mass is 369 g/mol. The Bertz CT molecular complexity index is 1130. The zero-order valence-corrected chi connectivity index (χ0v) is 14.7. The van der Waals surface area contributed by atoms with E-state index in [-0.39, 0.29) is 11.5 Å². The summed E-state index contributed by atoms with van der Waals surface area (Å²) in [5.74, 6) is -0.191. The lowest BCUT2D eigenvalue weighted by molar-refractivity contribution is -0.384. The summed E-state index contributed by atoms with van der Waals surface area (Å²) >= 11 is 0. The number of rotatable bonds is 5. The van der Waals surface area contributed by atoms with E-state index in [1.807, 2.05) is 36.4 Å². The van der Waals surface area contributed by atoms with Crippen LogP contribution in [-0.2, 0) is 0 Å². The molecule has 0 radical (unpaired) electrons. The summed E-state index contributed by atoms with van der Waals surface area (Å²) in [6.45, 7) is 0. The van der Waals surface area contributed by atoms with E-state index in [1.165, 1.54) is 12.1 Å². The van der Waals surface area contributed by atoms with E-state index in [0.29, 0.717) is 28.1 Å². The fourth-order valence-electron chi connectivity index (χ4n) is 3.08. The molecular formula is C22H15N3O3. The van der Waals surface area contributed by atoms with Crippen LogP contribution < -0.4 is 0 Å². The van der Waals surface area contributed by atoms with Gasteiger partial charge in [-0.1, -0.05) is 60.7 Å². The minimum Gasteiger partial charge on any atom is -0.287 e. The molecule has 0 saturated carbocycles. The van der Waals surface area contributed by atoms with Crippen molar-refractivity contribution in [3.8, 4) is 22.4 Å². The number of hydrogen-bond acceptors (Lipinski definition) is 4. The maximum absolute atomic E-state index is 13.1. The topological polar surface area (TPSA) is 88.9 Å². The summed E-state index contributed by atoms with van der Waals surface area (Å²) in [4.78, 5) is 23.5. The number of carbonyl (C=O) groups is 1. The molecule has 0 unspecified atom stereocenters. The van der Waals surface area contributed by atoms with Gasteiger partial charge in [-0.15, -0.1) is 0 Å². The largest absolute Gasteiger partial charge is 0.287 e. The number of H-pyrrole nitrogens is 1. The van der Waals surface area contributed by atoms with E-state index in [4.69, 9.17) is 0 Å². The molecule has 0 fully saturated rings. The minimum absolute atomic E-state index is 0.00473. The first-order valence-corrected chi connectivity index (χ1v) is 8.63. The van der Waals surface area contributed by atoms with Crippen LogP contribution in [0.4, 0.5) is 5.69 Å². The smallest absolute Gasteiger partial charge is 0.269 e. The average molecular weight is 369 g/mol. The molecule has 3 aromatic carbocycles. The van der Waals surface area contributed by atoms with Crippen molar-refractivity contribution in [3.63, 3.8) is 0 Å². The number of ketones is 1. The SMILES string of the molecule is O=C(c1ccccc1)c1n[nH]c(-c2ccc([N+](=O)[O-])cc2)c1-c1ccccc1. The van der Waals surface area contributed by atoms with Crippen molar-refractivity contribution < 1.29 is 9.72 Å². The molecule has 136 valence electrons. The summed E-state index contributed by atoms with van der Waals surface area (Å²) in [6.07, 6.45) is 0. The fourth-order valence-corrected chi connectivity index (χ4v) is 3.08. The predicted octanol–water partition coefficient (Wildman–Crippen LogP) is 4.88. The van der Waals surface area contributed by atoms with Gasteiger partial charge in [-0.2, -0.15) is 5.10 Å². The lowest BCUT2D eigenvalue weighted by Crippen LogP contribution is -2.03. The first kappa shape index (κ1) is 17.4. The second-order valence-corrected chi connectivity index (χ2v) is 6.19. The van der Waals surface area contributed by atoms with Crippen molar-refractivity contribution in [2.45, 2.75) is 0 Å². The van der Waals surface area contributed by atoms with Crippen LogP contribution in [0.2, 0.25) is 0 Å². The summed E-state index contributed by atoms with van der Waals surface area (Å²) in [5, 5.41) is 18.2. The Hall–Kier alpha value is -4.06. The molecular weight excluding hydrogens is 354 g/mol. The van der Waals surface area contributed by atoms with E-state index in [1.54, 1.807) is 36.4 Å². The minimum atomic E-state index is -0.445. The maximum atomic E-state index is 13.1. The van der Waals surface area contributed by atoms with Crippen LogP contribution in [0, 0.1) is 10.1 Å². The molecule has 0 bridgehead atoms. The molecule has 1 N–H and O–H groups in total. The lowest BCUT2D eigenvalue weighted by atomic mass is 9.95. The standard InChI is InChI=1S/C22H15N3O3/c26-22(17-9-5-2-6-10-17)21-19(15-7-3-1-4-8-15)20(23-24-21)16-11-13-18(14-12-16)25(27)28/h1-14H,(H,23,24). The zero-order chi connectivity index (χ0) is 19.5. The van der Waals surface area contributed by atoms with Gasteiger partial charge in [0.25, 0.3) is 5.69 Å². The first-order chi connectivity index (χ1) is 13.6. The number of aromatic amines is 1. The molecule has 0 atom stereocenters. The van der Waals surface area contributed by atoms with Gasteiger partial charge in [-0.05, 0) is 17.7 Å². The third-order valence-corrected chi connectivity index (χ3v) is 4.45. The second-order valence-electron chi connectivity index (χ2n) is 6.19. The lowest BCUT2D eigenvalue weighted by Gasteiger charge is -2.07. The Kier molecular flexibility index (Phi) is 4.51. The Morgan fingerprint density at radius 3 is 2.04 bits per heavy atom. The molecule has 6 heteroatoms. The number of nitro groups is 1. The molecule has 1 heterocycles. The molecule has 0 spiro atoms. The van der Waals surface area contributed by atoms with Crippen LogP contribution >= 0.6 is 0 Å². The summed E-state index contributed by atoms with van der Waals surface area (Å²) < 4.78 is 0. The van der Waals surface area contributed by atoms with Gasteiger partial charge in [-0.25, -0.2) is 0 Å². The number of nitrogens with zero attached hydrogens (tertiary/aromatic N) is 2. The highest BCUT2D eigenvalue weighted by atomic mass is 16.6. The Morgan fingerprint density at radius 2 is 1.43 bits per heavy atom. The van der Waals surface area contributed by atoms with Crippen LogP contribution in [0.25, 0.3) is 22.4 Å². The Labute approximate surface area is 160 Å². The van der Waals surface area contributed by atoms with Crippen LogP contribution in [-0.4, -0.2) is 20.9 Å². The second kappa shape index (κ2) is 7.28. The van der Waals surface area contributed by atoms with Crippen molar-refractivity contribution in [2.24, 2.45) is 0 Å². The Balaban J connectivity index is 1.87. The zero-order valence-electron chi connectivity index (χ0n) is 14.7. The summed E-state index contributed by atoms with van der Waals surface area (Å²) in [6, 6.07) is 24.6.